The molecule has 0 spiro atoms. The smallest absolute Gasteiger partial charge is 0.285 e. The summed E-state index contributed by atoms with van der Waals surface area (Å²) in [5.41, 5.74) is 7.14. The Balaban J connectivity index is 2.02. The molecule has 0 radical (unpaired) electrons. The fraction of sp³-hybridized carbons (Fsp3) is 0.400. The summed E-state index contributed by atoms with van der Waals surface area (Å²) in [5, 5.41) is 6.03. The zero-order chi connectivity index (χ0) is 11.4. The molecule has 86 valence electrons. The Morgan fingerprint density at radius 1 is 1.38 bits per heavy atom. The molecule has 1 aromatic rings. The number of nitrogens with one attached hydrogen (secondary N) is 3. The standard InChI is InChI=1S/C10H13ClN4O/c11-9-8(6-12-15-10(9)16)14-13-7-4-2-1-3-5-7/h4,6,13H,1-3,5H2,(H2,14,15,16). The Labute approximate surface area is 97.9 Å². The molecule has 0 aromatic carbocycles. The van der Waals surface area contributed by atoms with Crippen LogP contribution in [0, 0.1) is 0 Å². The van der Waals surface area contributed by atoms with Gasteiger partial charge in [-0.25, -0.2) is 5.10 Å². The fourth-order valence-electron chi connectivity index (χ4n) is 1.57. The van der Waals surface area contributed by atoms with Crippen LogP contribution >= 0.6 is 11.6 Å². The van der Waals surface area contributed by atoms with Gasteiger partial charge in [0.05, 0.1) is 11.9 Å². The van der Waals surface area contributed by atoms with Crippen LogP contribution in [0.3, 0.4) is 0 Å². The van der Waals surface area contributed by atoms with Gasteiger partial charge < -0.3 is 5.43 Å². The summed E-state index contributed by atoms with van der Waals surface area (Å²) >= 11 is 5.81. The van der Waals surface area contributed by atoms with Gasteiger partial charge in [-0.15, -0.1) is 0 Å². The van der Waals surface area contributed by atoms with E-state index in [1.807, 2.05) is 0 Å². The average Bonchev–Trinajstić information content (AvgIpc) is 2.32. The molecule has 1 heterocycles. The lowest BCUT2D eigenvalue weighted by Crippen LogP contribution is -2.24. The van der Waals surface area contributed by atoms with Crippen LogP contribution in [-0.2, 0) is 0 Å². The van der Waals surface area contributed by atoms with Crippen LogP contribution in [0.4, 0.5) is 5.69 Å². The highest BCUT2D eigenvalue weighted by atomic mass is 35.5. The van der Waals surface area contributed by atoms with E-state index in [9.17, 15) is 4.79 Å². The van der Waals surface area contributed by atoms with E-state index < -0.39 is 5.56 Å². The van der Waals surface area contributed by atoms with Crippen LogP contribution in [0.1, 0.15) is 25.7 Å². The monoisotopic (exact) mass is 240 g/mol. The zero-order valence-electron chi connectivity index (χ0n) is 8.72. The largest absolute Gasteiger partial charge is 0.305 e. The van der Waals surface area contributed by atoms with E-state index in [2.05, 4.69) is 27.1 Å². The molecular weight excluding hydrogens is 228 g/mol. The maximum absolute atomic E-state index is 11.2. The molecule has 5 nitrogen and oxygen atoms in total. The average molecular weight is 241 g/mol. The molecule has 3 N–H and O–H groups in total. The first-order valence-electron chi connectivity index (χ1n) is 5.21. The quantitative estimate of drug-likeness (QED) is 0.705. The van der Waals surface area contributed by atoms with Gasteiger partial charge in [0, 0.05) is 5.70 Å². The third kappa shape index (κ3) is 2.55. The lowest BCUT2D eigenvalue weighted by atomic mass is 10.1. The van der Waals surface area contributed by atoms with Crippen molar-refractivity contribution in [3.05, 3.63) is 33.3 Å². The Kier molecular flexibility index (Phi) is 3.46. The van der Waals surface area contributed by atoms with Crippen LogP contribution in [0.2, 0.25) is 5.02 Å². The zero-order valence-corrected chi connectivity index (χ0v) is 9.47. The Morgan fingerprint density at radius 3 is 3.00 bits per heavy atom. The molecule has 6 heteroatoms. The highest BCUT2D eigenvalue weighted by Gasteiger charge is 2.06. The first kappa shape index (κ1) is 11.0. The number of rotatable bonds is 3. The summed E-state index contributed by atoms with van der Waals surface area (Å²) < 4.78 is 0. The second-order valence-electron chi connectivity index (χ2n) is 3.65. The van der Waals surface area contributed by atoms with Crippen LogP contribution in [0.15, 0.2) is 22.8 Å². The van der Waals surface area contributed by atoms with Crippen molar-refractivity contribution in [3.8, 4) is 0 Å². The number of aromatic nitrogens is 2. The lowest BCUT2D eigenvalue weighted by Gasteiger charge is -2.16. The number of H-pyrrole nitrogens is 1. The van der Waals surface area contributed by atoms with E-state index in [1.54, 1.807) is 0 Å². The van der Waals surface area contributed by atoms with E-state index in [0.29, 0.717) is 5.69 Å². The molecular formula is C10H13ClN4O. The Hall–Kier alpha value is -1.49. The normalized spacial score (nSPS) is 15.4. The van der Waals surface area contributed by atoms with Crippen LogP contribution < -0.4 is 16.4 Å². The van der Waals surface area contributed by atoms with Crippen molar-refractivity contribution < 1.29 is 0 Å². The van der Waals surface area contributed by atoms with Crippen LogP contribution in [0.25, 0.3) is 0 Å². The Bertz CT molecular complexity index is 454. The van der Waals surface area contributed by atoms with Gasteiger partial charge in [-0.3, -0.25) is 10.2 Å². The predicted molar refractivity (Wildman–Crippen MR) is 63.2 cm³/mol. The maximum Gasteiger partial charge on any atom is 0.285 e. The topological polar surface area (TPSA) is 69.8 Å². The molecule has 0 saturated carbocycles. The fourth-order valence-corrected chi connectivity index (χ4v) is 1.71. The second kappa shape index (κ2) is 5.03. The third-order valence-corrected chi connectivity index (χ3v) is 2.82. The first-order chi connectivity index (χ1) is 7.77. The number of hydrogen-bond donors (Lipinski definition) is 3. The molecule has 1 aliphatic carbocycles. The minimum atomic E-state index is -0.397. The minimum absolute atomic E-state index is 0.110. The van der Waals surface area contributed by atoms with Crippen molar-refractivity contribution in [1.82, 2.24) is 15.6 Å². The van der Waals surface area contributed by atoms with Crippen molar-refractivity contribution in [1.29, 1.82) is 0 Å². The molecule has 16 heavy (non-hydrogen) atoms. The third-order valence-electron chi connectivity index (χ3n) is 2.44. The number of nitrogens with zero attached hydrogens (tertiary/aromatic N) is 1. The number of anilines is 1. The van der Waals surface area contributed by atoms with Crippen LogP contribution in [-0.4, -0.2) is 10.2 Å². The summed E-state index contributed by atoms with van der Waals surface area (Å²) in [6.07, 6.45) is 8.14. The Morgan fingerprint density at radius 2 is 2.25 bits per heavy atom. The van der Waals surface area contributed by atoms with Crippen LogP contribution in [0.5, 0.6) is 0 Å². The van der Waals surface area contributed by atoms with E-state index in [-0.39, 0.29) is 5.02 Å². The van der Waals surface area contributed by atoms with E-state index >= 15 is 0 Å². The number of allylic oxidation sites excluding steroid dienone is 2. The molecule has 0 unspecified atom stereocenters. The van der Waals surface area contributed by atoms with Gasteiger partial charge in [-0.05, 0) is 25.7 Å². The first-order valence-corrected chi connectivity index (χ1v) is 5.59. The molecule has 1 aromatic heterocycles. The van der Waals surface area contributed by atoms with Crippen molar-refractivity contribution >= 4 is 17.3 Å². The molecule has 0 aliphatic heterocycles. The molecule has 1 aliphatic rings. The highest BCUT2D eigenvalue weighted by Crippen LogP contribution is 2.17. The molecule has 0 atom stereocenters. The predicted octanol–water partition coefficient (Wildman–Crippen LogP) is 1.80. The van der Waals surface area contributed by atoms with Crippen molar-refractivity contribution in [2.75, 3.05) is 5.43 Å². The van der Waals surface area contributed by atoms with E-state index in [4.69, 9.17) is 11.6 Å². The number of halogens is 1. The van der Waals surface area contributed by atoms with Gasteiger partial charge in [-0.1, -0.05) is 17.7 Å². The van der Waals surface area contributed by atoms with Crippen molar-refractivity contribution in [3.63, 3.8) is 0 Å². The summed E-state index contributed by atoms with van der Waals surface area (Å²) in [4.78, 5) is 11.2. The van der Waals surface area contributed by atoms with E-state index in [1.165, 1.54) is 19.0 Å². The second-order valence-corrected chi connectivity index (χ2v) is 4.03. The minimum Gasteiger partial charge on any atom is -0.305 e. The summed E-state index contributed by atoms with van der Waals surface area (Å²) in [6, 6.07) is 0. The highest BCUT2D eigenvalue weighted by molar-refractivity contribution is 6.32. The van der Waals surface area contributed by atoms with Gasteiger partial charge in [0.2, 0.25) is 0 Å². The molecule has 0 saturated heterocycles. The molecule has 2 rings (SSSR count). The van der Waals surface area contributed by atoms with Gasteiger partial charge in [0.1, 0.15) is 5.02 Å². The maximum atomic E-state index is 11.2. The molecule has 0 fully saturated rings. The van der Waals surface area contributed by atoms with Gasteiger partial charge >= 0.3 is 0 Å². The van der Waals surface area contributed by atoms with E-state index in [0.717, 1.165) is 18.5 Å². The summed E-state index contributed by atoms with van der Waals surface area (Å²) in [6.45, 7) is 0. The van der Waals surface area contributed by atoms with Gasteiger partial charge in [0.15, 0.2) is 0 Å². The van der Waals surface area contributed by atoms with Crippen molar-refractivity contribution in [2.24, 2.45) is 0 Å². The van der Waals surface area contributed by atoms with Gasteiger partial charge in [-0.2, -0.15) is 5.10 Å². The molecule has 0 amide bonds. The number of aromatic amines is 1. The molecule has 0 bridgehead atoms. The lowest BCUT2D eigenvalue weighted by molar-refractivity contribution is 0.664. The SMILES string of the molecule is O=c1[nH]ncc(NNC2=CCCCC2)c1Cl. The summed E-state index contributed by atoms with van der Waals surface area (Å²) in [7, 11) is 0. The van der Waals surface area contributed by atoms with Crippen molar-refractivity contribution in [2.45, 2.75) is 25.7 Å². The number of hydrazine groups is 1. The summed E-state index contributed by atoms with van der Waals surface area (Å²) in [5.74, 6) is 0. The van der Waals surface area contributed by atoms with Gasteiger partial charge in [0.25, 0.3) is 5.56 Å². The number of hydrogen-bond acceptors (Lipinski definition) is 4.